The molecule has 0 spiro atoms. The van der Waals surface area contributed by atoms with Gasteiger partial charge in [0, 0.05) is 16.8 Å². The van der Waals surface area contributed by atoms with Crippen LogP contribution in [0.25, 0.3) is 0 Å². The number of nitrogens with zero attached hydrogens (tertiary/aromatic N) is 2. The lowest BCUT2D eigenvalue weighted by Crippen LogP contribution is -1.99. The van der Waals surface area contributed by atoms with Gasteiger partial charge in [-0.15, -0.1) is 0 Å². The van der Waals surface area contributed by atoms with Gasteiger partial charge < -0.3 is 10.5 Å². The quantitative estimate of drug-likeness (QED) is 0.821. The van der Waals surface area contributed by atoms with Gasteiger partial charge in [0.05, 0.1) is 5.69 Å². The minimum atomic E-state index is 0.672. The van der Waals surface area contributed by atoms with Crippen molar-refractivity contribution in [3.05, 3.63) is 41.3 Å². The summed E-state index contributed by atoms with van der Waals surface area (Å²) in [7, 11) is 0. The molecular weight excluding hydrogens is 226 g/mol. The molecule has 1 aromatic heterocycles. The van der Waals surface area contributed by atoms with Crippen molar-refractivity contribution < 1.29 is 4.74 Å². The Labute approximate surface area is 106 Å². The molecule has 0 unspecified atom stereocenters. The Morgan fingerprint density at radius 3 is 3.00 bits per heavy atom. The van der Waals surface area contributed by atoms with Gasteiger partial charge in [0.1, 0.15) is 12.1 Å². The highest BCUT2D eigenvalue weighted by molar-refractivity contribution is 5.54. The topological polar surface area (TPSA) is 61.0 Å². The number of anilines is 1. The molecule has 92 valence electrons. The summed E-state index contributed by atoms with van der Waals surface area (Å²) in [5, 5.41) is 0. The second-order valence-electron chi connectivity index (χ2n) is 4.53. The zero-order valence-electron chi connectivity index (χ0n) is 10.3. The van der Waals surface area contributed by atoms with E-state index in [1.807, 2.05) is 25.1 Å². The normalized spacial score (nSPS) is 13.4. The summed E-state index contributed by atoms with van der Waals surface area (Å²) < 4.78 is 5.90. The summed E-state index contributed by atoms with van der Waals surface area (Å²) in [6.07, 6.45) is 4.71. The van der Waals surface area contributed by atoms with Crippen LogP contribution >= 0.6 is 0 Å². The molecular formula is C14H15N3O. The fourth-order valence-corrected chi connectivity index (χ4v) is 2.26. The van der Waals surface area contributed by atoms with Gasteiger partial charge in [-0.25, -0.2) is 9.97 Å². The first-order valence-corrected chi connectivity index (χ1v) is 6.11. The molecule has 1 aromatic carbocycles. The molecule has 0 atom stereocenters. The lowest BCUT2D eigenvalue weighted by atomic mass is 10.2. The number of ether oxygens (including phenoxy) is 1. The highest BCUT2D eigenvalue weighted by Gasteiger charge is 2.19. The molecule has 2 N–H and O–H groups in total. The van der Waals surface area contributed by atoms with Gasteiger partial charge in [-0.2, -0.15) is 0 Å². The van der Waals surface area contributed by atoms with Crippen LogP contribution in [0.4, 0.5) is 5.69 Å². The standard InChI is InChI=1S/C14H15N3O/c1-9-11(15)5-3-7-13(9)18-14-10-4-2-6-12(10)16-8-17-14/h3,5,7-8H,2,4,6,15H2,1H3. The Kier molecular flexibility index (Phi) is 2.63. The predicted octanol–water partition coefficient (Wildman–Crippen LogP) is 2.65. The Hall–Kier alpha value is -2.10. The molecule has 4 heteroatoms. The van der Waals surface area contributed by atoms with Crippen molar-refractivity contribution in [3.8, 4) is 11.6 Å². The number of nitrogens with two attached hydrogens (primary N) is 1. The average Bonchev–Trinajstić information content (AvgIpc) is 2.84. The fraction of sp³-hybridized carbons (Fsp3) is 0.286. The van der Waals surface area contributed by atoms with Gasteiger partial charge >= 0.3 is 0 Å². The van der Waals surface area contributed by atoms with Gasteiger partial charge in [-0.3, -0.25) is 0 Å². The molecule has 18 heavy (non-hydrogen) atoms. The molecule has 0 amide bonds. The first-order valence-electron chi connectivity index (χ1n) is 6.11. The van der Waals surface area contributed by atoms with Gasteiger partial charge in [0.25, 0.3) is 0 Å². The Morgan fingerprint density at radius 1 is 1.22 bits per heavy atom. The summed E-state index contributed by atoms with van der Waals surface area (Å²) in [4.78, 5) is 8.53. The van der Waals surface area contributed by atoms with E-state index in [0.29, 0.717) is 5.88 Å². The highest BCUT2D eigenvalue weighted by atomic mass is 16.5. The van der Waals surface area contributed by atoms with Crippen molar-refractivity contribution in [1.82, 2.24) is 9.97 Å². The van der Waals surface area contributed by atoms with Crippen LogP contribution in [-0.4, -0.2) is 9.97 Å². The second kappa shape index (κ2) is 4.29. The van der Waals surface area contributed by atoms with Gasteiger partial charge in [-0.1, -0.05) is 6.07 Å². The van der Waals surface area contributed by atoms with Gasteiger partial charge in [0.2, 0.25) is 5.88 Å². The van der Waals surface area contributed by atoms with Crippen LogP contribution in [0.2, 0.25) is 0 Å². The maximum absolute atomic E-state index is 5.90. The van der Waals surface area contributed by atoms with Crippen LogP contribution in [-0.2, 0) is 12.8 Å². The van der Waals surface area contributed by atoms with Crippen LogP contribution in [0, 0.1) is 6.92 Å². The zero-order chi connectivity index (χ0) is 12.5. The first kappa shape index (κ1) is 11.0. The van der Waals surface area contributed by atoms with Crippen molar-refractivity contribution >= 4 is 5.69 Å². The summed E-state index contributed by atoms with van der Waals surface area (Å²) >= 11 is 0. The lowest BCUT2D eigenvalue weighted by molar-refractivity contribution is 0.452. The molecule has 3 rings (SSSR count). The van der Waals surface area contributed by atoms with E-state index < -0.39 is 0 Å². The Morgan fingerprint density at radius 2 is 2.11 bits per heavy atom. The van der Waals surface area contributed by atoms with Crippen molar-refractivity contribution in [2.75, 3.05) is 5.73 Å². The number of nitrogen functional groups attached to an aromatic ring is 1. The third kappa shape index (κ3) is 1.79. The van der Waals surface area contributed by atoms with E-state index in [9.17, 15) is 0 Å². The Bertz CT molecular complexity index is 596. The van der Waals surface area contributed by atoms with Crippen molar-refractivity contribution in [3.63, 3.8) is 0 Å². The summed E-state index contributed by atoms with van der Waals surface area (Å²) in [5.41, 5.74) is 9.81. The van der Waals surface area contributed by atoms with E-state index in [1.165, 1.54) is 0 Å². The van der Waals surface area contributed by atoms with E-state index in [1.54, 1.807) is 6.33 Å². The molecule has 0 bridgehead atoms. The maximum Gasteiger partial charge on any atom is 0.225 e. The number of aromatic nitrogens is 2. The van der Waals surface area contributed by atoms with Crippen molar-refractivity contribution in [1.29, 1.82) is 0 Å². The largest absolute Gasteiger partial charge is 0.438 e. The van der Waals surface area contributed by atoms with Crippen LogP contribution < -0.4 is 10.5 Å². The van der Waals surface area contributed by atoms with Crippen molar-refractivity contribution in [2.24, 2.45) is 0 Å². The third-order valence-electron chi connectivity index (χ3n) is 3.37. The molecule has 0 radical (unpaired) electrons. The number of fused-ring (bicyclic) bond motifs is 1. The fourth-order valence-electron chi connectivity index (χ4n) is 2.26. The van der Waals surface area contributed by atoms with Crippen LogP contribution in [0.1, 0.15) is 23.2 Å². The minimum Gasteiger partial charge on any atom is -0.438 e. The number of aryl methyl sites for hydroxylation is 1. The minimum absolute atomic E-state index is 0.672. The average molecular weight is 241 g/mol. The molecule has 1 heterocycles. The van der Waals surface area contributed by atoms with E-state index in [2.05, 4.69) is 9.97 Å². The smallest absolute Gasteiger partial charge is 0.225 e. The third-order valence-corrected chi connectivity index (χ3v) is 3.37. The zero-order valence-corrected chi connectivity index (χ0v) is 10.3. The first-order chi connectivity index (χ1) is 8.75. The lowest BCUT2D eigenvalue weighted by Gasteiger charge is -2.11. The van der Waals surface area contributed by atoms with Gasteiger partial charge in [0.15, 0.2) is 0 Å². The molecule has 0 saturated carbocycles. The van der Waals surface area contributed by atoms with E-state index in [4.69, 9.17) is 10.5 Å². The molecule has 1 aliphatic carbocycles. The van der Waals surface area contributed by atoms with Crippen LogP contribution in [0.5, 0.6) is 11.6 Å². The Balaban J connectivity index is 1.98. The van der Waals surface area contributed by atoms with E-state index >= 15 is 0 Å². The number of hydrogen-bond donors (Lipinski definition) is 1. The maximum atomic E-state index is 5.90. The molecule has 0 saturated heterocycles. The van der Waals surface area contributed by atoms with E-state index in [-0.39, 0.29) is 0 Å². The molecule has 1 aliphatic rings. The second-order valence-corrected chi connectivity index (χ2v) is 4.53. The summed E-state index contributed by atoms with van der Waals surface area (Å²) in [5.74, 6) is 1.44. The molecule has 4 nitrogen and oxygen atoms in total. The van der Waals surface area contributed by atoms with Crippen molar-refractivity contribution in [2.45, 2.75) is 26.2 Å². The summed E-state index contributed by atoms with van der Waals surface area (Å²) in [6, 6.07) is 5.67. The van der Waals surface area contributed by atoms with Crippen LogP contribution in [0.3, 0.4) is 0 Å². The molecule has 0 fully saturated rings. The SMILES string of the molecule is Cc1c(N)cccc1Oc1ncnc2c1CCC2. The molecule has 2 aromatic rings. The molecule has 0 aliphatic heterocycles. The number of rotatable bonds is 2. The highest BCUT2D eigenvalue weighted by Crippen LogP contribution is 2.32. The summed E-state index contributed by atoms with van der Waals surface area (Å²) in [6.45, 7) is 1.95. The van der Waals surface area contributed by atoms with Crippen LogP contribution in [0.15, 0.2) is 24.5 Å². The van der Waals surface area contributed by atoms with E-state index in [0.717, 1.165) is 47.5 Å². The predicted molar refractivity (Wildman–Crippen MR) is 69.7 cm³/mol. The number of hydrogen-bond acceptors (Lipinski definition) is 4. The monoisotopic (exact) mass is 241 g/mol. The van der Waals surface area contributed by atoms with Gasteiger partial charge in [-0.05, 0) is 38.3 Å². The number of benzene rings is 1.